The second kappa shape index (κ2) is 10.9. The van der Waals surface area contributed by atoms with Gasteiger partial charge in [0.2, 0.25) is 0 Å². The van der Waals surface area contributed by atoms with Crippen molar-refractivity contribution in [1.82, 2.24) is 4.90 Å². The summed E-state index contributed by atoms with van der Waals surface area (Å²) in [5.74, 6) is 0. The zero-order valence-electron chi connectivity index (χ0n) is 17.9. The van der Waals surface area contributed by atoms with Crippen LogP contribution in [0.4, 0.5) is 0 Å². The Labute approximate surface area is 184 Å². The first-order valence-electron chi connectivity index (χ1n) is 10.4. The first-order chi connectivity index (χ1) is 14.4. The first kappa shape index (κ1) is 22.8. The number of aliphatic hydroxyl groups excluding tert-OH is 1. The lowest BCUT2D eigenvalue weighted by molar-refractivity contribution is -0.0194. The molecule has 2 aromatic rings. The van der Waals surface area contributed by atoms with Crippen LogP contribution in [0.3, 0.4) is 0 Å². The Balaban J connectivity index is 1.62. The highest BCUT2D eigenvalue weighted by atomic mass is 35.5. The van der Waals surface area contributed by atoms with Crippen molar-refractivity contribution >= 4 is 17.3 Å². The molecule has 0 fully saturated rings. The molecule has 0 bridgehead atoms. The largest absolute Gasteiger partial charge is 0.390 e. The van der Waals surface area contributed by atoms with Crippen molar-refractivity contribution < 1.29 is 14.7 Å². The quantitative estimate of drug-likeness (QED) is 0.605. The molecule has 1 heterocycles. The summed E-state index contributed by atoms with van der Waals surface area (Å²) in [6.45, 7) is 8.11. The molecule has 1 aliphatic heterocycles. The van der Waals surface area contributed by atoms with Gasteiger partial charge in [0.25, 0.3) is 0 Å². The smallest absolute Gasteiger partial charge is 0.145 e. The molecule has 0 radical (unpaired) electrons. The summed E-state index contributed by atoms with van der Waals surface area (Å²) in [6, 6.07) is 16.1. The van der Waals surface area contributed by atoms with E-state index in [-0.39, 0.29) is 12.2 Å². The number of nitrogens with zero attached hydrogens (tertiary/aromatic N) is 2. The predicted octanol–water partition coefficient (Wildman–Crippen LogP) is 4.43. The SMILES string of the molecule is Cc1ccc(C2=NOC(CN(Cc3cccc(Cl)c3)CC(O)COC(C)C)C2)cc1. The van der Waals surface area contributed by atoms with Gasteiger partial charge in [-0.15, -0.1) is 0 Å². The predicted molar refractivity (Wildman–Crippen MR) is 121 cm³/mol. The van der Waals surface area contributed by atoms with Crippen LogP contribution in [0.15, 0.2) is 53.7 Å². The lowest BCUT2D eigenvalue weighted by Gasteiger charge is -2.27. The molecule has 30 heavy (non-hydrogen) atoms. The third kappa shape index (κ3) is 7.10. The Hall–Kier alpha value is -1.92. The summed E-state index contributed by atoms with van der Waals surface area (Å²) in [4.78, 5) is 7.91. The van der Waals surface area contributed by atoms with Gasteiger partial charge in [-0.2, -0.15) is 0 Å². The van der Waals surface area contributed by atoms with Crippen LogP contribution >= 0.6 is 11.6 Å². The standard InChI is InChI=1S/C24H31ClN2O3/c1-17(2)29-16-22(28)14-27(13-19-5-4-6-21(25)11-19)15-23-12-24(26-30-23)20-9-7-18(3)8-10-20/h4-11,17,22-23,28H,12-16H2,1-3H3. The van der Waals surface area contributed by atoms with E-state index in [1.807, 2.05) is 38.1 Å². The fourth-order valence-corrected chi connectivity index (χ4v) is 3.70. The normalized spacial score (nSPS) is 17.3. The van der Waals surface area contributed by atoms with Gasteiger partial charge < -0.3 is 14.7 Å². The van der Waals surface area contributed by atoms with Crippen molar-refractivity contribution in [2.75, 3.05) is 19.7 Å². The van der Waals surface area contributed by atoms with E-state index < -0.39 is 6.10 Å². The number of benzene rings is 2. The molecular formula is C24H31ClN2O3. The molecule has 0 aliphatic carbocycles. The van der Waals surface area contributed by atoms with Crippen molar-refractivity contribution in [3.63, 3.8) is 0 Å². The molecule has 2 unspecified atom stereocenters. The van der Waals surface area contributed by atoms with Crippen LogP contribution in [0.2, 0.25) is 5.02 Å². The van der Waals surface area contributed by atoms with Crippen molar-refractivity contribution in [3.05, 3.63) is 70.2 Å². The van der Waals surface area contributed by atoms with Gasteiger partial charge in [0.05, 0.1) is 24.5 Å². The van der Waals surface area contributed by atoms with Crippen molar-refractivity contribution in [2.45, 2.75) is 52.0 Å². The Bertz CT molecular complexity index is 839. The Morgan fingerprint density at radius 3 is 2.70 bits per heavy atom. The van der Waals surface area contributed by atoms with Crippen LogP contribution < -0.4 is 0 Å². The highest BCUT2D eigenvalue weighted by molar-refractivity contribution is 6.30. The van der Waals surface area contributed by atoms with Crippen LogP contribution in [0, 0.1) is 6.92 Å². The fourth-order valence-electron chi connectivity index (χ4n) is 3.48. The molecule has 1 N–H and O–H groups in total. The molecule has 0 spiro atoms. The fraction of sp³-hybridized carbons (Fsp3) is 0.458. The third-order valence-electron chi connectivity index (χ3n) is 4.97. The Morgan fingerprint density at radius 2 is 2.00 bits per heavy atom. The molecule has 0 saturated carbocycles. The van der Waals surface area contributed by atoms with E-state index >= 15 is 0 Å². The number of aliphatic hydroxyl groups is 1. The van der Waals surface area contributed by atoms with Gasteiger partial charge in [-0.05, 0) is 44.0 Å². The summed E-state index contributed by atoms with van der Waals surface area (Å²) < 4.78 is 5.58. The summed E-state index contributed by atoms with van der Waals surface area (Å²) in [5, 5.41) is 15.5. The second-order valence-corrected chi connectivity index (χ2v) is 8.63. The maximum Gasteiger partial charge on any atom is 0.145 e. The number of aryl methyl sites for hydroxylation is 1. The molecule has 6 heteroatoms. The van der Waals surface area contributed by atoms with E-state index in [4.69, 9.17) is 21.2 Å². The van der Waals surface area contributed by atoms with Gasteiger partial charge in [0.1, 0.15) is 6.10 Å². The van der Waals surface area contributed by atoms with Crippen LogP contribution in [0.1, 0.15) is 37.0 Å². The van der Waals surface area contributed by atoms with Gasteiger partial charge >= 0.3 is 0 Å². The average molecular weight is 431 g/mol. The highest BCUT2D eigenvalue weighted by Crippen LogP contribution is 2.20. The number of rotatable bonds is 10. The first-order valence-corrected chi connectivity index (χ1v) is 10.8. The zero-order chi connectivity index (χ0) is 21.5. The zero-order valence-corrected chi connectivity index (χ0v) is 18.7. The molecule has 162 valence electrons. The van der Waals surface area contributed by atoms with Crippen LogP contribution in [-0.2, 0) is 16.1 Å². The highest BCUT2D eigenvalue weighted by Gasteiger charge is 2.26. The molecule has 0 amide bonds. The van der Waals surface area contributed by atoms with E-state index in [1.165, 1.54) is 5.56 Å². The summed E-state index contributed by atoms with van der Waals surface area (Å²) in [5.41, 5.74) is 4.37. The second-order valence-electron chi connectivity index (χ2n) is 8.20. The number of halogens is 1. The van der Waals surface area contributed by atoms with E-state index in [0.29, 0.717) is 31.3 Å². The van der Waals surface area contributed by atoms with Crippen molar-refractivity contribution in [3.8, 4) is 0 Å². The van der Waals surface area contributed by atoms with E-state index in [2.05, 4.69) is 41.2 Å². The Morgan fingerprint density at radius 1 is 1.23 bits per heavy atom. The minimum absolute atomic E-state index is 0.0568. The lowest BCUT2D eigenvalue weighted by atomic mass is 10.0. The summed E-state index contributed by atoms with van der Waals surface area (Å²) in [6.07, 6.45) is 0.196. The molecule has 2 aromatic carbocycles. The van der Waals surface area contributed by atoms with E-state index in [9.17, 15) is 5.11 Å². The van der Waals surface area contributed by atoms with Gasteiger partial charge in [-0.1, -0.05) is 58.7 Å². The molecular weight excluding hydrogens is 400 g/mol. The monoisotopic (exact) mass is 430 g/mol. The number of hydrogen-bond acceptors (Lipinski definition) is 5. The number of oxime groups is 1. The van der Waals surface area contributed by atoms with Crippen LogP contribution in [0.25, 0.3) is 0 Å². The number of ether oxygens (including phenoxy) is 1. The maximum atomic E-state index is 10.5. The topological polar surface area (TPSA) is 54.3 Å². The van der Waals surface area contributed by atoms with Crippen molar-refractivity contribution in [2.24, 2.45) is 5.16 Å². The van der Waals surface area contributed by atoms with E-state index in [0.717, 1.165) is 23.3 Å². The van der Waals surface area contributed by atoms with E-state index in [1.54, 1.807) is 0 Å². The molecule has 0 saturated heterocycles. The molecule has 3 rings (SSSR count). The van der Waals surface area contributed by atoms with Crippen LogP contribution in [-0.4, -0.2) is 53.7 Å². The minimum Gasteiger partial charge on any atom is -0.390 e. The lowest BCUT2D eigenvalue weighted by Crippen LogP contribution is -2.39. The minimum atomic E-state index is -0.578. The third-order valence-corrected chi connectivity index (χ3v) is 5.20. The van der Waals surface area contributed by atoms with Crippen LogP contribution in [0.5, 0.6) is 0 Å². The molecule has 1 aliphatic rings. The van der Waals surface area contributed by atoms with Gasteiger partial charge in [-0.3, -0.25) is 4.90 Å². The van der Waals surface area contributed by atoms with Crippen molar-refractivity contribution in [1.29, 1.82) is 0 Å². The maximum absolute atomic E-state index is 10.5. The summed E-state index contributed by atoms with van der Waals surface area (Å²) in [7, 11) is 0. The summed E-state index contributed by atoms with van der Waals surface area (Å²) >= 11 is 6.16. The van der Waals surface area contributed by atoms with Gasteiger partial charge in [0, 0.05) is 31.1 Å². The molecule has 5 nitrogen and oxygen atoms in total. The molecule has 2 atom stereocenters. The average Bonchev–Trinajstić information content (AvgIpc) is 3.15. The molecule has 0 aromatic heterocycles. The van der Waals surface area contributed by atoms with Gasteiger partial charge in [-0.25, -0.2) is 0 Å². The Kier molecular flexibility index (Phi) is 8.28. The van der Waals surface area contributed by atoms with Gasteiger partial charge in [0.15, 0.2) is 0 Å². The number of hydrogen-bond donors (Lipinski definition) is 1.